The number of carbonyl (C=O) groups excluding carboxylic acids is 2. The van der Waals surface area contributed by atoms with Crippen LogP contribution in [-0.4, -0.2) is 34.4 Å². The first-order valence-electron chi connectivity index (χ1n) is 29.9. The van der Waals surface area contributed by atoms with Crippen molar-refractivity contribution in [2.45, 2.75) is 209 Å². The maximum Gasteiger partial charge on any atom is 2.00 e. The molecule has 8 nitrogen and oxygen atoms in total. The van der Waals surface area contributed by atoms with Crippen LogP contribution in [0.2, 0.25) is 0 Å². The molecular weight excluding hydrogens is 1100 g/mol. The number of ketones is 2. The average molecular weight is 1190 g/mol. The molecule has 0 saturated carbocycles. The fourth-order valence-corrected chi connectivity index (χ4v) is 11.0. The first kappa shape index (κ1) is 64.2. The molecule has 0 atom stereocenters. The van der Waals surface area contributed by atoms with Crippen molar-refractivity contribution in [2.24, 2.45) is 20.0 Å². The molecular formula is C76H88CuN4O4. The van der Waals surface area contributed by atoms with Crippen molar-refractivity contribution in [1.82, 2.24) is 0 Å². The van der Waals surface area contributed by atoms with E-state index in [-0.39, 0.29) is 83.2 Å². The van der Waals surface area contributed by atoms with Gasteiger partial charge in [-0.3, -0.25) is 9.59 Å². The van der Waals surface area contributed by atoms with Crippen LogP contribution in [0.5, 0.6) is 0 Å². The molecule has 0 aliphatic carbocycles. The Morgan fingerprint density at radius 1 is 0.282 bits per heavy atom. The summed E-state index contributed by atoms with van der Waals surface area (Å²) in [5, 5.41) is 31.2. The Kier molecular flexibility index (Phi) is 16.1. The molecule has 9 heteroatoms. The van der Waals surface area contributed by atoms with E-state index >= 15 is 19.8 Å². The average Bonchev–Trinajstić information content (AvgIpc) is 1.77. The van der Waals surface area contributed by atoms with Crippen molar-refractivity contribution in [1.29, 1.82) is 0 Å². The van der Waals surface area contributed by atoms with Gasteiger partial charge in [0.15, 0.2) is 0 Å². The maximum atomic E-state index is 15.6. The summed E-state index contributed by atoms with van der Waals surface area (Å²) in [5.74, 6) is -3.07. The van der Waals surface area contributed by atoms with Gasteiger partial charge in [0.1, 0.15) is 11.4 Å². The van der Waals surface area contributed by atoms with Gasteiger partial charge >= 0.3 is 17.1 Å². The first-order chi connectivity index (χ1) is 38.3. The van der Waals surface area contributed by atoms with E-state index in [1.807, 2.05) is 24.3 Å². The minimum atomic E-state index is -0.766. The summed E-state index contributed by atoms with van der Waals surface area (Å²) in [6, 6.07) is 25.6. The molecule has 8 bridgehead atoms. The van der Waals surface area contributed by atoms with Crippen molar-refractivity contribution in [3.8, 4) is 0 Å². The summed E-state index contributed by atoms with van der Waals surface area (Å²) in [6.07, 6.45) is 7.36. The molecule has 5 aliphatic rings. The third-order valence-electron chi connectivity index (χ3n) is 16.8. The zero-order valence-electron chi connectivity index (χ0n) is 55.0. The Labute approximate surface area is 518 Å². The number of hydrogen-bond acceptors (Lipinski definition) is 8. The Hall–Kier alpha value is -6.80. The van der Waals surface area contributed by atoms with Crippen LogP contribution >= 0.6 is 0 Å². The second kappa shape index (κ2) is 21.3. The van der Waals surface area contributed by atoms with Gasteiger partial charge in [0.2, 0.25) is 0 Å². The number of hydrogen-bond donors (Lipinski definition) is 0. The van der Waals surface area contributed by atoms with E-state index in [1.54, 1.807) is 0 Å². The Morgan fingerprint density at radius 2 is 0.529 bits per heavy atom. The summed E-state index contributed by atoms with van der Waals surface area (Å²) < 4.78 is 0. The van der Waals surface area contributed by atoms with Crippen molar-refractivity contribution >= 4 is 56.7 Å². The molecule has 5 heterocycles. The molecule has 0 fully saturated rings. The van der Waals surface area contributed by atoms with Crippen LogP contribution in [0.4, 0.5) is 0 Å². The third kappa shape index (κ3) is 12.5. The van der Waals surface area contributed by atoms with E-state index < -0.39 is 23.1 Å². The number of nitrogens with zero attached hydrogens (tertiary/aromatic N) is 4. The van der Waals surface area contributed by atoms with E-state index in [4.69, 9.17) is 20.0 Å². The molecule has 0 unspecified atom stereocenters. The van der Waals surface area contributed by atoms with Gasteiger partial charge < -0.3 is 10.2 Å². The smallest absolute Gasteiger partial charge is 0.871 e. The zero-order chi connectivity index (χ0) is 62.3. The van der Waals surface area contributed by atoms with Crippen molar-refractivity contribution in [2.75, 3.05) is 0 Å². The van der Waals surface area contributed by atoms with Gasteiger partial charge in [0.05, 0.1) is 34.2 Å². The van der Waals surface area contributed by atoms with Crippen molar-refractivity contribution < 1.29 is 36.9 Å². The van der Waals surface area contributed by atoms with Crippen molar-refractivity contribution in [3.05, 3.63) is 198 Å². The van der Waals surface area contributed by atoms with Crippen LogP contribution in [0.25, 0.3) is 22.3 Å². The Bertz CT molecular complexity index is 3590. The van der Waals surface area contributed by atoms with Gasteiger partial charge in [-0.15, -0.1) is 0 Å². The topological polar surface area (TPSA) is 130 Å². The first-order valence-corrected chi connectivity index (χ1v) is 29.9. The fraction of sp³-hybridized carbons (Fsp3) is 0.421. The maximum absolute atomic E-state index is 15.6. The van der Waals surface area contributed by atoms with Gasteiger partial charge in [-0.2, -0.15) is 0 Å². The summed E-state index contributed by atoms with van der Waals surface area (Å²) in [5.41, 5.74) is 11.0. The fourth-order valence-electron chi connectivity index (χ4n) is 11.0. The molecule has 0 N–H and O–H groups in total. The van der Waals surface area contributed by atoms with Crippen LogP contribution in [0.3, 0.4) is 0 Å². The minimum Gasteiger partial charge on any atom is -0.871 e. The van der Waals surface area contributed by atoms with E-state index in [0.717, 1.165) is 44.5 Å². The van der Waals surface area contributed by atoms with Crippen LogP contribution in [-0.2, 0) is 70.0 Å². The second-order valence-electron chi connectivity index (χ2n) is 32.1. The minimum absolute atomic E-state index is 0. The standard InChI is InChI=1S/C76H90N4O4.Cu/c1-69(2,3)45-29-41(30-46(37-45)70(4,5)6)57-53-25-26-54(77-53)58(42-31-47(71(7,8)9)38-48(32-42)72(10,11)12)63-67(83)68(84)64(80-63)60(44-35-51(75(19,20)21)40-52(36-44)76(22,23)24)56-28-27-55(78-56)59(62-66(82)65(81)61(57)79-62)43-33-49(73(13,14)15)39-50(34-43)74(16,17)18;/h25-40,81-82H,1-24H3;/q;+2/p-2. The predicted molar refractivity (Wildman–Crippen MR) is 348 cm³/mol. The Balaban J connectivity index is 0.00000940. The molecule has 5 aliphatic heterocycles. The molecule has 0 spiro atoms. The molecule has 4 aromatic carbocycles. The molecule has 447 valence electrons. The van der Waals surface area contributed by atoms with Crippen molar-refractivity contribution in [3.63, 3.8) is 0 Å². The molecule has 0 saturated heterocycles. The van der Waals surface area contributed by atoms with Gasteiger partial charge in [0, 0.05) is 22.3 Å². The number of rotatable bonds is 4. The number of carbonyl (C=O) groups is 2. The SMILES string of the molecule is CC(C)(C)c1cc(C2=C3C=CC(=N3)C(c3cc(C(C)(C)C)cc(C(C)(C)C)c3)=C3N=C(C([O-])=C3[O-])C(c3cc(C(C)(C)C)cc(C(C)(C)C)c3)=C3C=CC(=N3)C(c3cc(C(C)(C)C)cc(C(C)(C)C)c3)=C3N=C2C(=O)C3=O)cc(C(C)(C)C)c1.[Cu+2]. The van der Waals surface area contributed by atoms with Gasteiger partial charge in [-0.1, -0.05) is 250 Å². The number of fused-ring (bicyclic) bond motifs is 4. The molecule has 85 heavy (non-hydrogen) atoms. The number of aliphatic imine (C=N–C) groups is 4. The van der Waals surface area contributed by atoms with E-state index in [0.29, 0.717) is 67.4 Å². The second-order valence-corrected chi connectivity index (χ2v) is 32.1. The quantitative estimate of drug-likeness (QED) is 0.149. The zero-order valence-corrected chi connectivity index (χ0v) is 55.9. The van der Waals surface area contributed by atoms with E-state index in [9.17, 15) is 0 Å². The number of Topliss-reactive ketones (excluding diaryl/α,β-unsaturated/α-hetero) is 2. The molecule has 1 radical (unpaired) electrons. The monoisotopic (exact) mass is 1180 g/mol. The number of benzene rings is 4. The van der Waals surface area contributed by atoms with Crippen LogP contribution in [0, 0.1) is 0 Å². The molecule has 0 amide bonds. The summed E-state index contributed by atoms with van der Waals surface area (Å²) in [4.78, 5) is 52.8. The molecule has 4 aromatic rings. The molecule has 0 aromatic heterocycles. The Morgan fingerprint density at radius 3 is 0.812 bits per heavy atom. The number of allylic oxidation sites excluding steroid dienone is 9. The normalized spacial score (nSPS) is 17.4. The molecule has 9 rings (SSSR count). The summed E-state index contributed by atoms with van der Waals surface area (Å²) in [6.45, 7) is 51.8. The van der Waals surface area contributed by atoms with Crippen LogP contribution in [0.1, 0.15) is 233 Å². The van der Waals surface area contributed by atoms with E-state index in [1.165, 1.54) is 0 Å². The van der Waals surface area contributed by atoms with Gasteiger partial charge in [-0.05, 0) is 134 Å². The largest absolute Gasteiger partial charge is 2.00 e. The van der Waals surface area contributed by atoms with Gasteiger partial charge in [-0.25, -0.2) is 20.0 Å². The summed E-state index contributed by atoms with van der Waals surface area (Å²) in [7, 11) is 0. The van der Waals surface area contributed by atoms with Gasteiger partial charge in [0.25, 0.3) is 11.6 Å². The summed E-state index contributed by atoms with van der Waals surface area (Å²) >= 11 is 0. The van der Waals surface area contributed by atoms with Crippen LogP contribution in [0.15, 0.2) is 151 Å². The van der Waals surface area contributed by atoms with Crippen LogP contribution < -0.4 is 10.2 Å². The predicted octanol–water partition coefficient (Wildman–Crippen LogP) is 16.0. The van der Waals surface area contributed by atoms with E-state index in [2.05, 4.69) is 239 Å². The third-order valence-corrected chi connectivity index (χ3v) is 16.8.